The van der Waals surface area contributed by atoms with Gasteiger partial charge < -0.3 is 14.5 Å². The van der Waals surface area contributed by atoms with Gasteiger partial charge in [-0.1, -0.05) is 114 Å². The Balaban J connectivity index is 1.37. The molecule has 9 heteroatoms. The van der Waals surface area contributed by atoms with Crippen LogP contribution in [0.15, 0.2) is 53.7 Å². The second-order valence-electron chi connectivity index (χ2n) is 16.7. The fourth-order valence-electron chi connectivity index (χ4n) is 8.51. The summed E-state index contributed by atoms with van der Waals surface area (Å²) in [7, 11) is 1.59. The molecule has 1 aliphatic carbocycles. The van der Waals surface area contributed by atoms with Gasteiger partial charge in [-0.25, -0.2) is 0 Å². The van der Waals surface area contributed by atoms with E-state index in [0.717, 1.165) is 36.1 Å². The SMILES string of the molecule is CCC[C@H](CC(=O)[C@@H]1C[C@]2(CC(c3cccc(Cl)c3)=NO2)CN1C(=O)[C@@H](CC1CCCCC1)C(C)(C)C)C(=O)C(=O)C[C@H](C)c1cccc(OC)c1. The van der Waals surface area contributed by atoms with E-state index in [1.165, 1.54) is 19.3 Å². The number of rotatable bonds is 15. The first kappa shape index (κ1) is 39.7. The zero-order valence-electron chi connectivity index (χ0n) is 31.9. The van der Waals surface area contributed by atoms with E-state index in [-0.39, 0.29) is 54.7 Å². The number of hydrogen-bond acceptors (Lipinski definition) is 7. The van der Waals surface area contributed by atoms with Crippen molar-refractivity contribution in [1.29, 1.82) is 0 Å². The molecule has 0 unspecified atom stereocenters. The Bertz CT molecular complexity index is 1640. The smallest absolute Gasteiger partial charge is 0.226 e. The summed E-state index contributed by atoms with van der Waals surface area (Å²) in [6.07, 6.45) is 8.36. The number of hydrogen-bond donors (Lipinski definition) is 0. The lowest BCUT2D eigenvalue weighted by Gasteiger charge is -2.38. The summed E-state index contributed by atoms with van der Waals surface area (Å²) in [5, 5.41) is 5.05. The largest absolute Gasteiger partial charge is 0.497 e. The molecule has 282 valence electrons. The standard InChI is InChI=1S/C43H57ClN2O6/c1-7-13-32(40(49)39(48)20-28(2)30-16-12-19-34(23-30)51-6)24-38(47)37-26-43(25-36(45-52-43)31-17-11-18-33(44)22-31)27-46(37)41(50)35(42(3,4)5)21-29-14-9-8-10-15-29/h11-12,16-19,22-23,28-29,32,35,37H,7-10,13-15,20-21,24-27H2,1-6H3/t28-,32+,35+,37-,43+/m0/s1. The number of nitrogens with zero attached hydrogens (tertiary/aromatic N) is 2. The molecular weight excluding hydrogens is 676 g/mol. The number of Topliss-reactive ketones (excluding diaryl/α,β-unsaturated/α-hetero) is 3. The third kappa shape index (κ3) is 9.52. The molecule has 2 aliphatic heterocycles. The Labute approximate surface area is 315 Å². The first-order chi connectivity index (χ1) is 24.7. The van der Waals surface area contributed by atoms with E-state index in [0.29, 0.717) is 36.0 Å². The topological polar surface area (TPSA) is 102 Å². The molecule has 1 spiro atoms. The van der Waals surface area contributed by atoms with Crippen LogP contribution >= 0.6 is 11.6 Å². The van der Waals surface area contributed by atoms with E-state index in [4.69, 9.17) is 21.2 Å². The molecule has 3 aliphatic rings. The minimum Gasteiger partial charge on any atom is -0.497 e. The van der Waals surface area contributed by atoms with Gasteiger partial charge in [-0.2, -0.15) is 0 Å². The number of carbonyl (C=O) groups is 4. The average molecular weight is 733 g/mol. The molecule has 2 aromatic carbocycles. The monoisotopic (exact) mass is 732 g/mol. The van der Waals surface area contributed by atoms with Gasteiger partial charge in [0.1, 0.15) is 5.75 Å². The molecule has 0 aromatic heterocycles. The van der Waals surface area contributed by atoms with Crippen LogP contribution in [0.25, 0.3) is 0 Å². The number of oxime groups is 1. The van der Waals surface area contributed by atoms with Gasteiger partial charge in [-0.05, 0) is 59.9 Å². The molecule has 52 heavy (non-hydrogen) atoms. The molecule has 1 amide bonds. The summed E-state index contributed by atoms with van der Waals surface area (Å²) >= 11 is 6.30. The third-order valence-electron chi connectivity index (χ3n) is 11.6. The van der Waals surface area contributed by atoms with Crippen molar-refractivity contribution in [3.8, 4) is 5.75 Å². The molecule has 2 heterocycles. The van der Waals surface area contributed by atoms with E-state index in [9.17, 15) is 19.2 Å². The van der Waals surface area contributed by atoms with Gasteiger partial charge in [0.25, 0.3) is 0 Å². The highest BCUT2D eigenvalue weighted by Gasteiger charge is 2.55. The highest BCUT2D eigenvalue weighted by atomic mass is 35.5. The molecule has 0 bridgehead atoms. The quantitative estimate of drug-likeness (QED) is 0.169. The van der Waals surface area contributed by atoms with Crippen LogP contribution in [0.2, 0.25) is 5.02 Å². The van der Waals surface area contributed by atoms with E-state index in [2.05, 4.69) is 25.9 Å². The number of benzene rings is 2. The molecule has 1 saturated carbocycles. The van der Waals surface area contributed by atoms with Gasteiger partial charge in [0.05, 0.1) is 25.4 Å². The van der Waals surface area contributed by atoms with Crippen LogP contribution in [0.1, 0.15) is 129 Å². The van der Waals surface area contributed by atoms with Crippen LogP contribution in [-0.4, -0.2) is 59.2 Å². The number of ketones is 3. The van der Waals surface area contributed by atoms with Gasteiger partial charge in [-0.3, -0.25) is 19.2 Å². The van der Waals surface area contributed by atoms with Crippen LogP contribution in [-0.2, 0) is 24.0 Å². The van der Waals surface area contributed by atoms with Gasteiger partial charge in [0.15, 0.2) is 17.2 Å². The minimum absolute atomic E-state index is 0.0327. The maximum atomic E-state index is 14.8. The number of carbonyl (C=O) groups excluding carboxylic acids is 4. The highest BCUT2D eigenvalue weighted by molar-refractivity contribution is 6.38. The fourth-order valence-corrected chi connectivity index (χ4v) is 8.70. The minimum atomic E-state index is -0.868. The van der Waals surface area contributed by atoms with Crippen LogP contribution < -0.4 is 4.74 Å². The molecule has 5 atom stereocenters. The second kappa shape index (κ2) is 17.1. The number of amides is 1. The summed E-state index contributed by atoms with van der Waals surface area (Å²) in [4.78, 5) is 64.5. The summed E-state index contributed by atoms with van der Waals surface area (Å²) in [6, 6.07) is 14.2. The lowest BCUT2D eigenvalue weighted by atomic mass is 9.72. The second-order valence-corrected chi connectivity index (χ2v) is 17.1. The van der Waals surface area contributed by atoms with Crippen molar-refractivity contribution in [2.75, 3.05) is 13.7 Å². The number of ether oxygens (including phenoxy) is 1. The Morgan fingerprint density at radius 3 is 2.44 bits per heavy atom. The lowest BCUT2D eigenvalue weighted by molar-refractivity contribution is -0.146. The zero-order chi connectivity index (χ0) is 37.6. The van der Waals surface area contributed by atoms with Crippen molar-refractivity contribution >= 4 is 40.6 Å². The van der Waals surface area contributed by atoms with Crippen LogP contribution in [0.5, 0.6) is 5.75 Å². The Hall–Kier alpha value is -3.52. The molecule has 5 rings (SSSR count). The van der Waals surface area contributed by atoms with Crippen molar-refractivity contribution in [1.82, 2.24) is 4.90 Å². The van der Waals surface area contributed by atoms with Crippen molar-refractivity contribution in [3.05, 3.63) is 64.7 Å². The van der Waals surface area contributed by atoms with Crippen molar-refractivity contribution < 1.29 is 28.8 Å². The zero-order valence-corrected chi connectivity index (χ0v) is 32.7. The molecule has 8 nitrogen and oxygen atoms in total. The van der Waals surface area contributed by atoms with Gasteiger partial charge >= 0.3 is 0 Å². The van der Waals surface area contributed by atoms with E-state index in [1.807, 2.05) is 56.3 Å². The Morgan fingerprint density at radius 1 is 1.04 bits per heavy atom. The molecule has 0 N–H and O–H groups in total. The van der Waals surface area contributed by atoms with Gasteiger partial charge in [0, 0.05) is 48.1 Å². The normalized spacial score (nSPS) is 22.4. The molecule has 2 fully saturated rings. The van der Waals surface area contributed by atoms with E-state index >= 15 is 0 Å². The molecular formula is C43H57ClN2O6. The van der Waals surface area contributed by atoms with Crippen molar-refractivity contribution in [2.45, 2.75) is 129 Å². The first-order valence-corrected chi connectivity index (χ1v) is 19.7. The summed E-state index contributed by atoms with van der Waals surface area (Å²) in [5.74, 6) is -1.27. The summed E-state index contributed by atoms with van der Waals surface area (Å²) < 4.78 is 5.35. The lowest BCUT2D eigenvalue weighted by Crippen LogP contribution is -2.48. The van der Waals surface area contributed by atoms with Gasteiger partial charge in [0.2, 0.25) is 11.7 Å². The van der Waals surface area contributed by atoms with Crippen LogP contribution in [0.4, 0.5) is 0 Å². The molecule has 2 aromatic rings. The summed E-state index contributed by atoms with van der Waals surface area (Å²) in [5.41, 5.74) is 1.30. The number of halogens is 1. The molecule has 0 radical (unpaired) electrons. The maximum absolute atomic E-state index is 14.8. The maximum Gasteiger partial charge on any atom is 0.226 e. The number of methoxy groups -OCH3 is 1. The predicted molar refractivity (Wildman–Crippen MR) is 205 cm³/mol. The van der Waals surface area contributed by atoms with E-state index < -0.39 is 29.1 Å². The number of likely N-dealkylation sites (tertiary alicyclic amines) is 1. The molecule has 1 saturated heterocycles. The van der Waals surface area contributed by atoms with Crippen molar-refractivity contribution in [3.63, 3.8) is 0 Å². The Morgan fingerprint density at radius 2 is 1.77 bits per heavy atom. The fraction of sp³-hybridized carbons (Fsp3) is 0.605. The Kier molecular flexibility index (Phi) is 13.0. The van der Waals surface area contributed by atoms with Crippen LogP contribution in [0.3, 0.4) is 0 Å². The highest BCUT2D eigenvalue weighted by Crippen LogP contribution is 2.44. The van der Waals surface area contributed by atoms with Crippen LogP contribution in [0, 0.1) is 23.2 Å². The summed E-state index contributed by atoms with van der Waals surface area (Å²) in [6.45, 7) is 10.4. The van der Waals surface area contributed by atoms with E-state index in [1.54, 1.807) is 18.1 Å². The third-order valence-corrected chi connectivity index (χ3v) is 11.8. The first-order valence-electron chi connectivity index (χ1n) is 19.3. The predicted octanol–water partition coefficient (Wildman–Crippen LogP) is 9.15. The van der Waals surface area contributed by atoms with Crippen molar-refractivity contribution in [2.24, 2.45) is 28.3 Å². The average Bonchev–Trinajstić information content (AvgIpc) is 3.73. The van der Waals surface area contributed by atoms with Gasteiger partial charge in [-0.15, -0.1) is 0 Å².